The number of hydrogen-bond donors (Lipinski definition) is 1. The summed E-state index contributed by atoms with van der Waals surface area (Å²) in [6, 6.07) is 7.32. The lowest BCUT2D eigenvalue weighted by molar-refractivity contribution is 0.324. The van der Waals surface area contributed by atoms with Crippen molar-refractivity contribution < 1.29 is 28.5 Å². The van der Waals surface area contributed by atoms with Crippen molar-refractivity contribution in [1.82, 2.24) is 0 Å². The molecule has 0 atom stereocenters. The van der Waals surface area contributed by atoms with Crippen LogP contribution in [0, 0.1) is 0 Å². The van der Waals surface area contributed by atoms with Gasteiger partial charge in [-0.1, -0.05) is 6.92 Å². The van der Waals surface area contributed by atoms with Gasteiger partial charge in [-0.15, -0.1) is 0 Å². The van der Waals surface area contributed by atoms with E-state index in [1.165, 1.54) is 7.11 Å². The van der Waals surface area contributed by atoms with Gasteiger partial charge in [0.15, 0.2) is 22.8 Å². The number of ether oxygens (including phenoxy) is 4. The number of phenols is 1. The average molecular weight is 358 g/mol. The van der Waals surface area contributed by atoms with Crippen LogP contribution >= 0.6 is 0 Å². The Morgan fingerprint density at radius 3 is 2.00 bits per heavy atom. The standard InChI is InChI=1S/C20H22O6/c1-6-13-17(12-7-8-14(22-2)18(21)19(12)26-13)11-9-15(23-3)20(25-5)16(10-11)24-4/h7-10,21H,6H2,1-5H3. The van der Waals surface area contributed by atoms with E-state index in [2.05, 4.69) is 0 Å². The van der Waals surface area contributed by atoms with E-state index in [4.69, 9.17) is 23.4 Å². The number of hydrogen-bond acceptors (Lipinski definition) is 6. The Balaban J connectivity index is 2.33. The minimum Gasteiger partial charge on any atom is -0.502 e. The number of benzene rings is 2. The molecule has 0 spiro atoms. The van der Waals surface area contributed by atoms with E-state index >= 15 is 0 Å². The topological polar surface area (TPSA) is 70.3 Å². The molecule has 26 heavy (non-hydrogen) atoms. The summed E-state index contributed by atoms with van der Waals surface area (Å²) in [5.74, 6) is 2.72. The van der Waals surface area contributed by atoms with Gasteiger partial charge in [-0.05, 0) is 29.8 Å². The fourth-order valence-corrected chi connectivity index (χ4v) is 3.13. The summed E-state index contributed by atoms with van der Waals surface area (Å²) in [5.41, 5.74) is 2.12. The number of fused-ring (bicyclic) bond motifs is 1. The predicted octanol–water partition coefficient (Wildman–Crippen LogP) is 4.40. The van der Waals surface area contributed by atoms with Crippen LogP contribution in [0.25, 0.3) is 22.1 Å². The molecule has 1 heterocycles. The van der Waals surface area contributed by atoms with E-state index in [9.17, 15) is 5.11 Å². The van der Waals surface area contributed by atoms with Gasteiger partial charge in [-0.2, -0.15) is 0 Å². The van der Waals surface area contributed by atoms with Gasteiger partial charge in [0, 0.05) is 17.4 Å². The molecule has 138 valence electrons. The van der Waals surface area contributed by atoms with Gasteiger partial charge < -0.3 is 28.5 Å². The summed E-state index contributed by atoms with van der Waals surface area (Å²) in [7, 11) is 6.22. The third-order valence-corrected chi connectivity index (χ3v) is 4.36. The molecule has 0 aliphatic carbocycles. The fraction of sp³-hybridized carbons (Fsp3) is 0.300. The third kappa shape index (κ3) is 2.67. The lowest BCUT2D eigenvalue weighted by Gasteiger charge is -2.14. The second kappa shape index (κ2) is 7.07. The van der Waals surface area contributed by atoms with Gasteiger partial charge in [0.2, 0.25) is 11.5 Å². The van der Waals surface area contributed by atoms with Gasteiger partial charge >= 0.3 is 0 Å². The van der Waals surface area contributed by atoms with E-state index in [-0.39, 0.29) is 5.75 Å². The van der Waals surface area contributed by atoms with Crippen LogP contribution in [0.4, 0.5) is 0 Å². The van der Waals surface area contributed by atoms with E-state index in [1.54, 1.807) is 27.4 Å². The second-order valence-electron chi connectivity index (χ2n) is 5.66. The molecule has 0 aliphatic rings. The molecule has 0 fully saturated rings. The average Bonchev–Trinajstić information content (AvgIpc) is 3.06. The first-order valence-electron chi connectivity index (χ1n) is 8.21. The van der Waals surface area contributed by atoms with E-state index < -0.39 is 0 Å². The maximum atomic E-state index is 10.4. The molecule has 0 amide bonds. The minimum absolute atomic E-state index is 0.0154. The number of furan rings is 1. The Bertz CT molecular complexity index is 916. The van der Waals surface area contributed by atoms with Crippen LogP contribution in [0.15, 0.2) is 28.7 Å². The molecule has 0 aliphatic heterocycles. The zero-order valence-electron chi connectivity index (χ0n) is 15.5. The maximum absolute atomic E-state index is 10.4. The SMILES string of the molecule is CCc1oc2c(O)c(OC)ccc2c1-c1cc(OC)c(OC)c(OC)c1. The zero-order chi connectivity index (χ0) is 18.8. The Kier molecular flexibility index (Phi) is 4.84. The van der Waals surface area contributed by atoms with E-state index in [0.29, 0.717) is 35.0 Å². The molecule has 0 saturated carbocycles. The summed E-state index contributed by atoms with van der Waals surface area (Å²) in [4.78, 5) is 0. The molecule has 0 radical (unpaired) electrons. The van der Waals surface area contributed by atoms with Crippen molar-refractivity contribution >= 4 is 11.0 Å². The molecule has 3 aromatic rings. The normalized spacial score (nSPS) is 10.8. The highest BCUT2D eigenvalue weighted by atomic mass is 16.5. The molecule has 0 unspecified atom stereocenters. The first-order chi connectivity index (χ1) is 12.6. The van der Waals surface area contributed by atoms with Gasteiger partial charge in [0.05, 0.1) is 28.4 Å². The Morgan fingerprint density at radius 2 is 1.50 bits per heavy atom. The molecule has 3 rings (SSSR count). The monoisotopic (exact) mass is 358 g/mol. The van der Waals surface area contributed by atoms with Crippen LogP contribution in [-0.4, -0.2) is 33.5 Å². The van der Waals surface area contributed by atoms with Gasteiger partial charge in [0.1, 0.15) is 5.76 Å². The molecule has 1 aromatic heterocycles. The lowest BCUT2D eigenvalue weighted by Crippen LogP contribution is -1.96. The van der Waals surface area contributed by atoms with Crippen molar-refractivity contribution in [3.63, 3.8) is 0 Å². The second-order valence-corrected chi connectivity index (χ2v) is 5.66. The van der Waals surface area contributed by atoms with Crippen molar-refractivity contribution in [1.29, 1.82) is 0 Å². The maximum Gasteiger partial charge on any atom is 0.203 e. The number of aryl methyl sites for hydroxylation is 1. The van der Waals surface area contributed by atoms with Crippen molar-refractivity contribution in [2.24, 2.45) is 0 Å². The number of phenolic OH excluding ortho intramolecular Hbond substituents is 1. The molecular weight excluding hydrogens is 336 g/mol. The zero-order valence-corrected chi connectivity index (χ0v) is 15.5. The Morgan fingerprint density at radius 1 is 0.885 bits per heavy atom. The first kappa shape index (κ1) is 17.8. The molecule has 0 saturated heterocycles. The summed E-state index contributed by atoms with van der Waals surface area (Å²) in [5, 5.41) is 11.2. The Hall–Kier alpha value is -3.02. The van der Waals surface area contributed by atoms with Crippen LogP contribution in [0.5, 0.6) is 28.7 Å². The first-order valence-corrected chi connectivity index (χ1v) is 8.21. The highest BCUT2D eigenvalue weighted by Gasteiger charge is 2.22. The van der Waals surface area contributed by atoms with Gasteiger partial charge in [-0.25, -0.2) is 0 Å². The molecule has 6 nitrogen and oxygen atoms in total. The highest BCUT2D eigenvalue weighted by molar-refractivity contribution is 6.00. The summed E-state index contributed by atoms with van der Waals surface area (Å²) in [6.45, 7) is 1.99. The molecule has 1 N–H and O–H groups in total. The number of rotatable bonds is 6. The summed E-state index contributed by atoms with van der Waals surface area (Å²) >= 11 is 0. The minimum atomic E-state index is -0.0154. The van der Waals surface area contributed by atoms with Crippen LogP contribution in [0.1, 0.15) is 12.7 Å². The molecular formula is C20H22O6. The van der Waals surface area contributed by atoms with E-state index in [0.717, 1.165) is 22.3 Å². The molecule has 0 bridgehead atoms. The van der Waals surface area contributed by atoms with Crippen molar-refractivity contribution in [2.45, 2.75) is 13.3 Å². The van der Waals surface area contributed by atoms with Crippen LogP contribution < -0.4 is 18.9 Å². The van der Waals surface area contributed by atoms with Crippen molar-refractivity contribution in [3.8, 4) is 39.9 Å². The van der Waals surface area contributed by atoms with Gasteiger partial charge in [0.25, 0.3) is 0 Å². The Labute approximate surface area is 151 Å². The molecule has 2 aromatic carbocycles. The van der Waals surface area contributed by atoms with Crippen LogP contribution in [-0.2, 0) is 6.42 Å². The predicted molar refractivity (Wildman–Crippen MR) is 98.9 cm³/mol. The van der Waals surface area contributed by atoms with Crippen molar-refractivity contribution in [2.75, 3.05) is 28.4 Å². The number of aromatic hydroxyl groups is 1. The highest BCUT2D eigenvalue weighted by Crippen LogP contribution is 2.47. The molecule has 6 heteroatoms. The lowest BCUT2D eigenvalue weighted by atomic mass is 9.99. The van der Waals surface area contributed by atoms with Crippen LogP contribution in [0.2, 0.25) is 0 Å². The van der Waals surface area contributed by atoms with Crippen LogP contribution in [0.3, 0.4) is 0 Å². The third-order valence-electron chi connectivity index (χ3n) is 4.36. The number of methoxy groups -OCH3 is 4. The smallest absolute Gasteiger partial charge is 0.203 e. The largest absolute Gasteiger partial charge is 0.502 e. The van der Waals surface area contributed by atoms with Crippen molar-refractivity contribution in [3.05, 3.63) is 30.0 Å². The quantitative estimate of drug-likeness (QED) is 0.704. The summed E-state index contributed by atoms with van der Waals surface area (Å²) in [6.07, 6.45) is 0.655. The van der Waals surface area contributed by atoms with E-state index in [1.807, 2.05) is 25.1 Å². The van der Waals surface area contributed by atoms with Gasteiger partial charge in [-0.3, -0.25) is 0 Å². The summed E-state index contributed by atoms with van der Waals surface area (Å²) < 4.78 is 27.4. The fourth-order valence-electron chi connectivity index (χ4n) is 3.13.